The standard InChI is InChI=1S/C11H14ClN3O/c1-7-6-10(16)15-11(13-7)14-9-4-2-8(12)3-5-9/h2-5,7,11,13-14H,6H2,1H3,(H,15,16). The molecule has 2 rings (SSSR count). The Morgan fingerprint density at radius 1 is 1.38 bits per heavy atom. The summed E-state index contributed by atoms with van der Waals surface area (Å²) in [5, 5.41) is 9.91. The maximum absolute atomic E-state index is 11.3. The lowest BCUT2D eigenvalue weighted by Crippen LogP contribution is -2.59. The van der Waals surface area contributed by atoms with Crippen LogP contribution in [0, 0.1) is 0 Å². The molecule has 1 aliphatic rings. The minimum absolute atomic E-state index is 0.0534. The minimum Gasteiger partial charge on any atom is -0.353 e. The number of anilines is 1. The molecule has 2 unspecified atom stereocenters. The molecule has 1 fully saturated rings. The van der Waals surface area contributed by atoms with Crippen molar-refractivity contribution in [3.63, 3.8) is 0 Å². The van der Waals surface area contributed by atoms with Gasteiger partial charge in [-0.15, -0.1) is 0 Å². The van der Waals surface area contributed by atoms with Crippen molar-refractivity contribution >= 4 is 23.2 Å². The molecule has 0 saturated carbocycles. The van der Waals surface area contributed by atoms with Crippen LogP contribution in [0.1, 0.15) is 13.3 Å². The average Bonchev–Trinajstić information content (AvgIpc) is 2.20. The zero-order chi connectivity index (χ0) is 11.5. The van der Waals surface area contributed by atoms with Gasteiger partial charge in [-0.3, -0.25) is 10.1 Å². The van der Waals surface area contributed by atoms with E-state index in [1.807, 2.05) is 19.1 Å². The molecule has 1 saturated heterocycles. The van der Waals surface area contributed by atoms with E-state index in [-0.39, 0.29) is 18.2 Å². The lowest BCUT2D eigenvalue weighted by molar-refractivity contribution is -0.123. The van der Waals surface area contributed by atoms with Gasteiger partial charge in [-0.2, -0.15) is 0 Å². The van der Waals surface area contributed by atoms with Crippen LogP contribution in [-0.2, 0) is 4.79 Å². The normalized spacial score (nSPS) is 25.0. The summed E-state index contributed by atoms with van der Waals surface area (Å²) in [6.45, 7) is 1.98. The van der Waals surface area contributed by atoms with Crippen LogP contribution in [-0.4, -0.2) is 18.2 Å². The number of nitrogens with one attached hydrogen (secondary N) is 3. The maximum Gasteiger partial charge on any atom is 0.224 e. The Morgan fingerprint density at radius 2 is 2.06 bits per heavy atom. The topological polar surface area (TPSA) is 53.2 Å². The number of amides is 1. The van der Waals surface area contributed by atoms with Gasteiger partial charge in [-0.1, -0.05) is 11.6 Å². The monoisotopic (exact) mass is 239 g/mol. The molecule has 1 aromatic rings. The van der Waals surface area contributed by atoms with Gasteiger partial charge in [0.15, 0.2) is 6.29 Å². The second kappa shape index (κ2) is 4.72. The molecule has 86 valence electrons. The summed E-state index contributed by atoms with van der Waals surface area (Å²) < 4.78 is 0. The molecule has 0 aromatic heterocycles. The predicted octanol–water partition coefficient (Wildman–Crippen LogP) is 1.53. The summed E-state index contributed by atoms with van der Waals surface area (Å²) in [5.74, 6) is 0.0534. The van der Waals surface area contributed by atoms with Gasteiger partial charge in [-0.05, 0) is 31.2 Å². The number of hydrogen-bond donors (Lipinski definition) is 3. The Balaban J connectivity index is 1.98. The fourth-order valence-corrected chi connectivity index (χ4v) is 1.80. The van der Waals surface area contributed by atoms with Crippen LogP contribution in [0.2, 0.25) is 5.02 Å². The predicted molar refractivity (Wildman–Crippen MR) is 64.2 cm³/mol. The number of halogens is 1. The first-order valence-corrected chi connectivity index (χ1v) is 5.59. The zero-order valence-electron chi connectivity index (χ0n) is 8.96. The van der Waals surface area contributed by atoms with E-state index in [2.05, 4.69) is 16.0 Å². The molecule has 2 atom stereocenters. The summed E-state index contributed by atoms with van der Waals surface area (Å²) in [4.78, 5) is 11.3. The van der Waals surface area contributed by atoms with Gasteiger partial charge < -0.3 is 10.6 Å². The SMILES string of the molecule is CC1CC(=O)NC(Nc2ccc(Cl)cc2)N1. The van der Waals surface area contributed by atoms with Crippen LogP contribution in [0.5, 0.6) is 0 Å². The zero-order valence-corrected chi connectivity index (χ0v) is 9.71. The molecule has 1 amide bonds. The quantitative estimate of drug-likeness (QED) is 0.734. The van der Waals surface area contributed by atoms with Crippen molar-refractivity contribution in [2.45, 2.75) is 25.7 Å². The van der Waals surface area contributed by atoms with Crippen LogP contribution in [0.3, 0.4) is 0 Å². The number of carbonyl (C=O) groups excluding carboxylic acids is 1. The van der Waals surface area contributed by atoms with Crippen molar-refractivity contribution < 1.29 is 4.79 Å². The van der Waals surface area contributed by atoms with E-state index in [1.54, 1.807) is 12.1 Å². The smallest absolute Gasteiger partial charge is 0.224 e. The first-order valence-electron chi connectivity index (χ1n) is 5.21. The van der Waals surface area contributed by atoms with Gasteiger partial charge in [-0.25, -0.2) is 0 Å². The van der Waals surface area contributed by atoms with Crippen molar-refractivity contribution in [2.75, 3.05) is 5.32 Å². The van der Waals surface area contributed by atoms with E-state index < -0.39 is 0 Å². The van der Waals surface area contributed by atoms with Crippen LogP contribution >= 0.6 is 11.6 Å². The lowest BCUT2D eigenvalue weighted by Gasteiger charge is -2.30. The Morgan fingerprint density at radius 3 is 2.69 bits per heavy atom. The highest BCUT2D eigenvalue weighted by molar-refractivity contribution is 6.30. The molecular weight excluding hydrogens is 226 g/mol. The molecule has 0 spiro atoms. The van der Waals surface area contributed by atoms with Crippen LogP contribution in [0.4, 0.5) is 5.69 Å². The largest absolute Gasteiger partial charge is 0.353 e. The number of rotatable bonds is 2. The van der Waals surface area contributed by atoms with Gasteiger partial charge in [0.1, 0.15) is 0 Å². The third-order valence-electron chi connectivity index (χ3n) is 2.40. The van der Waals surface area contributed by atoms with Gasteiger partial charge in [0.2, 0.25) is 5.91 Å². The second-order valence-corrected chi connectivity index (χ2v) is 4.36. The molecule has 1 aliphatic heterocycles. The molecule has 1 heterocycles. The first kappa shape index (κ1) is 11.2. The highest BCUT2D eigenvalue weighted by atomic mass is 35.5. The van der Waals surface area contributed by atoms with Crippen molar-refractivity contribution in [1.82, 2.24) is 10.6 Å². The van der Waals surface area contributed by atoms with Crippen LogP contribution < -0.4 is 16.0 Å². The molecule has 4 nitrogen and oxygen atoms in total. The number of carbonyl (C=O) groups is 1. The van der Waals surface area contributed by atoms with Crippen LogP contribution in [0.25, 0.3) is 0 Å². The summed E-state index contributed by atoms with van der Waals surface area (Å²) >= 11 is 5.79. The fraction of sp³-hybridized carbons (Fsp3) is 0.364. The number of benzene rings is 1. The van der Waals surface area contributed by atoms with Crippen molar-refractivity contribution in [3.8, 4) is 0 Å². The highest BCUT2D eigenvalue weighted by Crippen LogP contribution is 2.14. The molecule has 3 N–H and O–H groups in total. The molecule has 5 heteroatoms. The van der Waals surface area contributed by atoms with E-state index in [1.165, 1.54) is 0 Å². The van der Waals surface area contributed by atoms with E-state index in [0.29, 0.717) is 11.4 Å². The third-order valence-corrected chi connectivity index (χ3v) is 2.66. The van der Waals surface area contributed by atoms with E-state index in [0.717, 1.165) is 5.69 Å². The van der Waals surface area contributed by atoms with Gasteiger partial charge in [0, 0.05) is 23.2 Å². The van der Waals surface area contributed by atoms with Gasteiger partial charge in [0.25, 0.3) is 0 Å². The molecule has 0 aliphatic carbocycles. The Kier molecular flexibility index (Phi) is 3.31. The number of hydrogen-bond acceptors (Lipinski definition) is 3. The lowest BCUT2D eigenvalue weighted by atomic mass is 10.2. The molecule has 0 radical (unpaired) electrons. The third kappa shape index (κ3) is 2.87. The van der Waals surface area contributed by atoms with E-state index in [4.69, 9.17) is 11.6 Å². The summed E-state index contributed by atoms with van der Waals surface area (Å²) in [6.07, 6.45) is 0.288. The van der Waals surface area contributed by atoms with Gasteiger partial charge in [0.05, 0.1) is 0 Å². The minimum atomic E-state index is -0.225. The molecule has 0 bridgehead atoms. The van der Waals surface area contributed by atoms with Crippen LogP contribution in [0.15, 0.2) is 24.3 Å². The van der Waals surface area contributed by atoms with Crippen molar-refractivity contribution in [1.29, 1.82) is 0 Å². The Labute approximate surface area is 99.4 Å². The fourth-order valence-electron chi connectivity index (χ4n) is 1.67. The molecule has 1 aromatic carbocycles. The first-order chi connectivity index (χ1) is 7.63. The van der Waals surface area contributed by atoms with Gasteiger partial charge >= 0.3 is 0 Å². The van der Waals surface area contributed by atoms with Crippen molar-refractivity contribution in [3.05, 3.63) is 29.3 Å². The average molecular weight is 240 g/mol. The van der Waals surface area contributed by atoms with Crippen molar-refractivity contribution in [2.24, 2.45) is 0 Å². The van der Waals surface area contributed by atoms with E-state index in [9.17, 15) is 4.79 Å². The van der Waals surface area contributed by atoms with E-state index >= 15 is 0 Å². The summed E-state index contributed by atoms with van der Waals surface area (Å²) in [5.41, 5.74) is 0.913. The maximum atomic E-state index is 11.3. The Hall–Kier alpha value is -1.26. The molecule has 16 heavy (non-hydrogen) atoms. The second-order valence-electron chi connectivity index (χ2n) is 3.92. The molecular formula is C11H14ClN3O. The Bertz CT molecular complexity index is 379. The highest BCUT2D eigenvalue weighted by Gasteiger charge is 2.22. The summed E-state index contributed by atoms with van der Waals surface area (Å²) in [7, 11) is 0. The summed E-state index contributed by atoms with van der Waals surface area (Å²) in [6, 6.07) is 7.53.